The molecule has 0 atom stereocenters. The first kappa shape index (κ1) is 25.4. The number of nitrogens with one attached hydrogen (secondary N) is 2. The fourth-order valence-electron chi connectivity index (χ4n) is 2.86. The number of pyridine rings is 1. The highest BCUT2D eigenvalue weighted by Gasteiger charge is 2.31. The lowest BCUT2D eigenvalue weighted by Crippen LogP contribution is -2.23. The van der Waals surface area contributed by atoms with Gasteiger partial charge in [0.15, 0.2) is 0 Å². The summed E-state index contributed by atoms with van der Waals surface area (Å²) >= 11 is 0.696. The zero-order chi connectivity index (χ0) is 24.9. The van der Waals surface area contributed by atoms with Gasteiger partial charge in [0.2, 0.25) is 0 Å². The van der Waals surface area contributed by atoms with E-state index in [0.29, 0.717) is 22.5 Å². The van der Waals surface area contributed by atoms with Crippen LogP contribution in [0.4, 0.5) is 37.7 Å². The first-order valence-electron chi connectivity index (χ1n) is 9.65. The van der Waals surface area contributed by atoms with Gasteiger partial charge >= 0.3 is 18.5 Å². The van der Waals surface area contributed by atoms with Crippen molar-refractivity contribution in [1.82, 2.24) is 9.71 Å². The van der Waals surface area contributed by atoms with Gasteiger partial charge in [0.25, 0.3) is 0 Å². The van der Waals surface area contributed by atoms with Crippen molar-refractivity contribution in [2.24, 2.45) is 0 Å². The second kappa shape index (κ2) is 10.4. The van der Waals surface area contributed by atoms with E-state index in [2.05, 4.69) is 19.8 Å². The van der Waals surface area contributed by atoms with Gasteiger partial charge in [-0.1, -0.05) is 12.1 Å². The van der Waals surface area contributed by atoms with E-state index >= 15 is 0 Å². The number of para-hydroxylation sites is 1. The quantitative estimate of drug-likeness (QED) is 0.214. The molecule has 0 saturated carbocycles. The first-order valence-corrected chi connectivity index (χ1v) is 10.5. The van der Waals surface area contributed by atoms with Gasteiger partial charge in [0.05, 0.1) is 23.5 Å². The fourth-order valence-corrected chi connectivity index (χ4v) is 3.62. The molecule has 3 aromatic rings. The lowest BCUT2D eigenvalue weighted by molar-refractivity contribution is -0.274. The fraction of sp³-hybridized carbons (Fsp3) is 0.238. The molecule has 182 valence electrons. The average Bonchev–Trinajstić information content (AvgIpc) is 2.73. The molecule has 0 radical (unpaired) electrons. The summed E-state index contributed by atoms with van der Waals surface area (Å²) in [6.07, 6.45) is -8.17. The van der Waals surface area contributed by atoms with Gasteiger partial charge in [0, 0.05) is 16.5 Å². The van der Waals surface area contributed by atoms with E-state index in [4.69, 9.17) is 4.74 Å². The Balaban J connectivity index is 2.06. The van der Waals surface area contributed by atoms with Crippen LogP contribution in [0.5, 0.6) is 5.75 Å². The maximum atomic E-state index is 12.7. The molecule has 0 aliphatic carbocycles. The molecule has 1 heterocycles. The van der Waals surface area contributed by atoms with E-state index in [-0.39, 0.29) is 28.8 Å². The van der Waals surface area contributed by atoms with Crippen LogP contribution in [0.3, 0.4) is 0 Å². The van der Waals surface area contributed by atoms with E-state index in [9.17, 15) is 31.1 Å². The topological polar surface area (TPSA) is 72.5 Å². The van der Waals surface area contributed by atoms with E-state index < -0.39 is 30.8 Å². The third-order valence-electron chi connectivity index (χ3n) is 4.17. The van der Waals surface area contributed by atoms with Gasteiger partial charge < -0.3 is 14.8 Å². The van der Waals surface area contributed by atoms with Crippen LogP contribution in [0.25, 0.3) is 10.9 Å². The summed E-state index contributed by atoms with van der Waals surface area (Å²) in [5, 5.41) is 3.05. The number of rotatable bonds is 8. The molecule has 0 unspecified atom stereocenters. The number of hydrogen-bond donors (Lipinski definition) is 2. The normalized spacial score (nSPS) is 12.0. The summed E-state index contributed by atoms with van der Waals surface area (Å²) in [7, 11) is 0. The summed E-state index contributed by atoms with van der Waals surface area (Å²) < 4.78 is 86.9. The number of esters is 1. The van der Waals surface area contributed by atoms with Crippen LogP contribution in [0.1, 0.15) is 17.3 Å². The summed E-state index contributed by atoms with van der Waals surface area (Å²) in [6.45, 7) is 0.352. The first-order chi connectivity index (χ1) is 16.0. The van der Waals surface area contributed by atoms with E-state index in [0.717, 1.165) is 12.1 Å². The van der Waals surface area contributed by atoms with Crippen molar-refractivity contribution in [3.05, 3.63) is 54.2 Å². The number of hydrogen-bond acceptors (Lipinski definition) is 7. The summed E-state index contributed by atoms with van der Waals surface area (Å²) in [5.74, 6) is -1.33. The molecular formula is C21H17F6N3O3S. The lowest BCUT2D eigenvalue weighted by atomic mass is 10.1. The molecular weight excluding hydrogens is 488 g/mol. The standard InChI is InChI=1S/C21H17F6N3O3S/c1-2-32-19(31)14-10-28-15-8-7-12(33-21(25,26)27)9-13(15)18(14)30-16-5-3-4-6-17(16)34-29-11-20(22,23)24/h3-10,29H,2,11H2,1H3,(H,28,30). The molecule has 0 bridgehead atoms. The van der Waals surface area contributed by atoms with Gasteiger partial charge in [0.1, 0.15) is 17.9 Å². The Labute approximate surface area is 193 Å². The third-order valence-corrected chi connectivity index (χ3v) is 5.03. The van der Waals surface area contributed by atoms with Gasteiger partial charge in [-0.2, -0.15) is 13.2 Å². The number of anilines is 2. The number of carbonyl (C=O) groups excluding carboxylic acids is 1. The molecule has 2 N–H and O–H groups in total. The molecule has 34 heavy (non-hydrogen) atoms. The highest BCUT2D eigenvalue weighted by atomic mass is 32.2. The number of benzene rings is 2. The number of ether oxygens (including phenoxy) is 2. The smallest absolute Gasteiger partial charge is 0.462 e. The van der Waals surface area contributed by atoms with Gasteiger partial charge in [-0.05, 0) is 49.2 Å². The van der Waals surface area contributed by atoms with E-state index in [1.807, 2.05) is 0 Å². The SMILES string of the molecule is CCOC(=O)c1cnc2ccc(OC(F)(F)F)cc2c1Nc1ccccc1SNCC(F)(F)F. The Morgan fingerprint density at radius 1 is 1.09 bits per heavy atom. The zero-order valence-corrected chi connectivity index (χ0v) is 18.2. The Bertz CT molecular complexity index is 1170. The van der Waals surface area contributed by atoms with Crippen molar-refractivity contribution >= 4 is 40.2 Å². The number of fused-ring (bicyclic) bond motifs is 1. The van der Waals surface area contributed by atoms with E-state index in [1.54, 1.807) is 19.1 Å². The number of aromatic nitrogens is 1. The maximum Gasteiger partial charge on any atom is 0.573 e. The summed E-state index contributed by atoms with van der Waals surface area (Å²) in [6, 6.07) is 9.66. The molecule has 0 amide bonds. The van der Waals surface area contributed by atoms with Crippen molar-refractivity contribution in [3.8, 4) is 5.75 Å². The predicted octanol–water partition coefficient (Wildman–Crippen LogP) is 6.21. The Morgan fingerprint density at radius 3 is 2.50 bits per heavy atom. The molecule has 6 nitrogen and oxygen atoms in total. The molecule has 0 aliphatic heterocycles. The Hall–Kier alpha value is -3.19. The van der Waals surface area contributed by atoms with Crippen molar-refractivity contribution in [2.75, 3.05) is 18.5 Å². The van der Waals surface area contributed by atoms with Crippen LogP contribution in [-0.4, -0.2) is 36.6 Å². The zero-order valence-electron chi connectivity index (χ0n) is 17.4. The summed E-state index contributed by atoms with van der Waals surface area (Å²) in [4.78, 5) is 17.0. The lowest BCUT2D eigenvalue weighted by Gasteiger charge is -2.17. The van der Waals surface area contributed by atoms with Gasteiger partial charge in [-0.25, -0.2) is 4.79 Å². The van der Waals surface area contributed by atoms with Crippen LogP contribution in [0, 0.1) is 0 Å². The highest BCUT2D eigenvalue weighted by molar-refractivity contribution is 7.97. The highest BCUT2D eigenvalue weighted by Crippen LogP contribution is 2.36. The minimum absolute atomic E-state index is 0.0291. The van der Waals surface area contributed by atoms with Crippen molar-refractivity contribution in [2.45, 2.75) is 24.4 Å². The van der Waals surface area contributed by atoms with Crippen LogP contribution in [-0.2, 0) is 4.74 Å². The van der Waals surface area contributed by atoms with Crippen molar-refractivity contribution in [3.63, 3.8) is 0 Å². The number of nitrogens with zero attached hydrogens (tertiary/aromatic N) is 1. The van der Waals surface area contributed by atoms with Gasteiger partial charge in [-0.15, -0.1) is 13.2 Å². The minimum atomic E-state index is -4.94. The number of carbonyl (C=O) groups is 1. The average molecular weight is 505 g/mol. The Morgan fingerprint density at radius 2 is 1.82 bits per heavy atom. The van der Waals surface area contributed by atoms with Crippen LogP contribution in [0.15, 0.2) is 53.6 Å². The second-order valence-corrected chi connectivity index (χ2v) is 7.59. The minimum Gasteiger partial charge on any atom is -0.462 e. The maximum absolute atomic E-state index is 12.7. The largest absolute Gasteiger partial charge is 0.573 e. The molecule has 0 spiro atoms. The Kier molecular flexibility index (Phi) is 7.77. The molecule has 0 aliphatic rings. The van der Waals surface area contributed by atoms with Crippen molar-refractivity contribution < 1.29 is 40.6 Å². The number of alkyl halides is 6. The molecule has 1 aromatic heterocycles. The van der Waals surface area contributed by atoms with Gasteiger partial charge in [-0.3, -0.25) is 9.71 Å². The van der Waals surface area contributed by atoms with Crippen LogP contribution < -0.4 is 14.8 Å². The summed E-state index contributed by atoms with van der Waals surface area (Å²) in [5.41, 5.74) is 0.509. The van der Waals surface area contributed by atoms with Crippen LogP contribution >= 0.6 is 11.9 Å². The molecule has 2 aromatic carbocycles. The van der Waals surface area contributed by atoms with E-state index in [1.165, 1.54) is 24.4 Å². The molecule has 0 saturated heterocycles. The second-order valence-electron chi connectivity index (χ2n) is 6.65. The number of halogens is 6. The van der Waals surface area contributed by atoms with Crippen molar-refractivity contribution in [1.29, 1.82) is 0 Å². The molecule has 0 fully saturated rings. The molecule has 13 heteroatoms. The molecule has 3 rings (SSSR count). The predicted molar refractivity (Wildman–Crippen MR) is 114 cm³/mol. The third kappa shape index (κ3) is 6.90. The monoisotopic (exact) mass is 505 g/mol. The van der Waals surface area contributed by atoms with Crippen LogP contribution in [0.2, 0.25) is 0 Å².